The number of hydrogen-bond acceptors (Lipinski definition) is 3. The lowest BCUT2D eigenvalue weighted by molar-refractivity contribution is 0.0535. The van der Waals surface area contributed by atoms with E-state index in [0.717, 1.165) is 0 Å². The van der Waals surface area contributed by atoms with Crippen molar-refractivity contribution in [3.63, 3.8) is 0 Å². The number of benzene rings is 1. The summed E-state index contributed by atoms with van der Waals surface area (Å²) in [7, 11) is 0. The Morgan fingerprint density at radius 3 is 2.00 bits per heavy atom. The second-order valence-electron chi connectivity index (χ2n) is 5.45. The molecule has 1 fully saturated rings. The van der Waals surface area contributed by atoms with E-state index in [9.17, 15) is 14.0 Å². The first-order valence-corrected chi connectivity index (χ1v) is 7.87. The quantitative estimate of drug-likeness (QED) is 0.838. The summed E-state index contributed by atoms with van der Waals surface area (Å²) in [6, 6.07) is 7.26. The lowest BCUT2D eigenvalue weighted by Gasteiger charge is -2.34. The van der Waals surface area contributed by atoms with E-state index >= 15 is 0 Å². The number of pyridine rings is 1. The number of hydrogen-bond donors (Lipinski definition) is 0. The van der Waals surface area contributed by atoms with Crippen LogP contribution in [-0.2, 0) is 0 Å². The van der Waals surface area contributed by atoms with Crippen molar-refractivity contribution in [2.75, 3.05) is 26.2 Å². The molecular weight excluding hydrogens is 333 g/mol. The van der Waals surface area contributed by atoms with Crippen LogP contribution in [-0.4, -0.2) is 52.8 Å². The van der Waals surface area contributed by atoms with E-state index in [-0.39, 0.29) is 16.8 Å². The van der Waals surface area contributed by atoms with Gasteiger partial charge in [-0.1, -0.05) is 11.6 Å². The van der Waals surface area contributed by atoms with Gasteiger partial charge in [-0.2, -0.15) is 0 Å². The van der Waals surface area contributed by atoms with Crippen LogP contribution < -0.4 is 0 Å². The Kier molecular flexibility index (Phi) is 4.76. The highest BCUT2D eigenvalue weighted by Gasteiger charge is 2.25. The predicted molar refractivity (Wildman–Crippen MR) is 87.5 cm³/mol. The van der Waals surface area contributed by atoms with E-state index in [0.29, 0.717) is 37.3 Å². The van der Waals surface area contributed by atoms with E-state index in [1.165, 1.54) is 18.2 Å². The molecular formula is C17H15ClFN3O2. The predicted octanol–water partition coefficient (Wildman–Crippen LogP) is 2.47. The Labute approximate surface area is 143 Å². The van der Waals surface area contributed by atoms with E-state index in [4.69, 9.17) is 11.6 Å². The molecule has 0 unspecified atom stereocenters. The molecule has 1 aromatic heterocycles. The summed E-state index contributed by atoms with van der Waals surface area (Å²) in [5.74, 6) is -0.844. The van der Waals surface area contributed by atoms with Gasteiger partial charge in [-0.05, 0) is 30.3 Å². The largest absolute Gasteiger partial charge is 0.335 e. The third kappa shape index (κ3) is 3.38. The number of amides is 2. The monoisotopic (exact) mass is 347 g/mol. The van der Waals surface area contributed by atoms with Crippen molar-refractivity contribution in [2.45, 2.75) is 0 Å². The van der Waals surface area contributed by atoms with Gasteiger partial charge in [-0.25, -0.2) is 4.39 Å². The highest BCUT2D eigenvalue weighted by molar-refractivity contribution is 6.31. The molecule has 0 radical (unpaired) electrons. The van der Waals surface area contributed by atoms with Crippen molar-refractivity contribution < 1.29 is 14.0 Å². The SMILES string of the molecule is O=C(c1ccncc1)N1CCN(C(=O)c2ccc(F)c(Cl)c2)CC1. The van der Waals surface area contributed by atoms with E-state index in [1.807, 2.05) is 0 Å². The molecule has 1 aromatic carbocycles. The highest BCUT2D eigenvalue weighted by Crippen LogP contribution is 2.18. The Bertz CT molecular complexity index is 762. The fourth-order valence-electron chi connectivity index (χ4n) is 2.60. The molecule has 0 N–H and O–H groups in total. The molecule has 7 heteroatoms. The lowest BCUT2D eigenvalue weighted by atomic mass is 10.1. The molecule has 0 atom stereocenters. The Morgan fingerprint density at radius 2 is 1.46 bits per heavy atom. The molecule has 24 heavy (non-hydrogen) atoms. The van der Waals surface area contributed by atoms with Crippen LogP contribution in [0.25, 0.3) is 0 Å². The minimum absolute atomic E-state index is 0.0747. The molecule has 0 saturated carbocycles. The number of carbonyl (C=O) groups excluding carboxylic acids is 2. The van der Waals surface area contributed by atoms with Gasteiger partial charge in [0.25, 0.3) is 11.8 Å². The van der Waals surface area contributed by atoms with E-state index in [1.54, 1.807) is 34.3 Å². The van der Waals surface area contributed by atoms with Crippen LogP contribution >= 0.6 is 11.6 Å². The number of halogens is 2. The van der Waals surface area contributed by atoms with Gasteiger partial charge in [0.1, 0.15) is 5.82 Å². The smallest absolute Gasteiger partial charge is 0.254 e. The molecule has 5 nitrogen and oxygen atoms in total. The molecule has 124 valence electrons. The summed E-state index contributed by atoms with van der Waals surface area (Å²) in [6.45, 7) is 1.74. The summed E-state index contributed by atoms with van der Waals surface area (Å²) in [6.07, 6.45) is 3.15. The molecule has 2 amide bonds. The van der Waals surface area contributed by atoms with E-state index in [2.05, 4.69) is 4.98 Å². The molecule has 1 aliphatic heterocycles. The second kappa shape index (κ2) is 6.97. The van der Waals surface area contributed by atoms with Gasteiger partial charge >= 0.3 is 0 Å². The van der Waals surface area contributed by atoms with Gasteiger partial charge < -0.3 is 9.80 Å². The van der Waals surface area contributed by atoms with Crippen LogP contribution in [0.2, 0.25) is 5.02 Å². The van der Waals surface area contributed by atoms with Crippen LogP contribution in [0.5, 0.6) is 0 Å². The van der Waals surface area contributed by atoms with Gasteiger partial charge in [-0.3, -0.25) is 14.6 Å². The molecule has 1 saturated heterocycles. The summed E-state index contributed by atoms with van der Waals surface area (Å²) in [4.78, 5) is 32.0. The van der Waals surface area contributed by atoms with Crippen LogP contribution in [0.15, 0.2) is 42.7 Å². The normalized spacial score (nSPS) is 14.6. The average Bonchev–Trinajstić information content (AvgIpc) is 2.63. The average molecular weight is 348 g/mol. The van der Waals surface area contributed by atoms with Gasteiger partial charge in [0.2, 0.25) is 0 Å². The summed E-state index contributed by atoms with van der Waals surface area (Å²) >= 11 is 5.73. The second-order valence-corrected chi connectivity index (χ2v) is 5.86. The van der Waals surface area contributed by atoms with Crippen LogP contribution in [0.4, 0.5) is 4.39 Å². The number of piperazine rings is 1. The molecule has 3 rings (SSSR count). The van der Waals surface area contributed by atoms with Crippen LogP contribution in [0.3, 0.4) is 0 Å². The van der Waals surface area contributed by atoms with Crippen molar-refractivity contribution in [2.24, 2.45) is 0 Å². The van der Waals surface area contributed by atoms with Gasteiger partial charge in [0, 0.05) is 49.7 Å². The number of aromatic nitrogens is 1. The molecule has 0 bridgehead atoms. The van der Waals surface area contributed by atoms with Gasteiger partial charge in [0.15, 0.2) is 0 Å². The Balaban J connectivity index is 1.63. The number of carbonyl (C=O) groups is 2. The lowest BCUT2D eigenvalue weighted by Crippen LogP contribution is -2.50. The maximum Gasteiger partial charge on any atom is 0.254 e. The fourth-order valence-corrected chi connectivity index (χ4v) is 2.78. The highest BCUT2D eigenvalue weighted by atomic mass is 35.5. The van der Waals surface area contributed by atoms with Crippen molar-refractivity contribution in [3.8, 4) is 0 Å². The molecule has 2 aromatic rings. The third-order valence-corrected chi connectivity index (χ3v) is 4.24. The van der Waals surface area contributed by atoms with Crippen LogP contribution in [0, 0.1) is 5.82 Å². The fraction of sp³-hybridized carbons (Fsp3) is 0.235. The Hall–Kier alpha value is -2.47. The maximum atomic E-state index is 13.2. The van der Waals surface area contributed by atoms with Crippen molar-refractivity contribution in [1.29, 1.82) is 0 Å². The zero-order chi connectivity index (χ0) is 17.1. The summed E-state index contributed by atoms with van der Waals surface area (Å²) in [5, 5.41) is -0.0765. The summed E-state index contributed by atoms with van der Waals surface area (Å²) in [5.41, 5.74) is 0.922. The van der Waals surface area contributed by atoms with Crippen molar-refractivity contribution >= 4 is 23.4 Å². The Morgan fingerprint density at radius 1 is 0.917 bits per heavy atom. The first-order valence-electron chi connectivity index (χ1n) is 7.50. The number of nitrogens with zero attached hydrogens (tertiary/aromatic N) is 3. The van der Waals surface area contributed by atoms with Crippen molar-refractivity contribution in [1.82, 2.24) is 14.8 Å². The van der Waals surface area contributed by atoms with Crippen LogP contribution in [0.1, 0.15) is 20.7 Å². The van der Waals surface area contributed by atoms with Crippen molar-refractivity contribution in [3.05, 3.63) is 64.7 Å². The zero-order valence-electron chi connectivity index (χ0n) is 12.8. The molecule has 0 aliphatic carbocycles. The third-order valence-electron chi connectivity index (χ3n) is 3.95. The zero-order valence-corrected chi connectivity index (χ0v) is 13.5. The first kappa shape index (κ1) is 16.4. The number of rotatable bonds is 2. The first-order chi connectivity index (χ1) is 11.6. The maximum absolute atomic E-state index is 13.2. The molecule has 2 heterocycles. The standard InChI is InChI=1S/C17H15ClFN3O2/c18-14-11-13(1-2-15(14)19)17(24)22-9-7-21(8-10-22)16(23)12-3-5-20-6-4-12/h1-6,11H,7-10H2. The molecule has 1 aliphatic rings. The molecule has 0 spiro atoms. The summed E-state index contributed by atoms with van der Waals surface area (Å²) < 4.78 is 13.2. The van der Waals surface area contributed by atoms with E-state index < -0.39 is 5.82 Å². The minimum Gasteiger partial charge on any atom is -0.335 e. The topological polar surface area (TPSA) is 53.5 Å². The van der Waals surface area contributed by atoms with Gasteiger partial charge in [-0.15, -0.1) is 0 Å². The minimum atomic E-state index is -0.555. The van der Waals surface area contributed by atoms with Gasteiger partial charge in [0.05, 0.1) is 5.02 Å².